The van der Waals surface area contributed by atoms with Gasteiger partial charge in [0.2, 0.25) is 11.8 Å². The lowest BCUT2D eigenvalue weighted by Gasteiger charge is -2.19. The number of nitrogens with zero attached hydrogens (tertiary/aromatic N) is 1. The lowest BCUT2D eigenvalue weighted by molar-refractivity contribution is -0.134. The Balaban J connectivity index is 2.42. The largest absolute Gasteiger partial charge is 0.350 e. The van der Waals surface area contributed by atoms with Crippen LogP contribution >= 0.6 is 11.6 Å². The Hall–Kier alpha value is -1.55. The summed E-state index contributed by atoms with van der Waals surface area (Å²) in [5.74, 6) is -0.234. The lowest BCUT2D eigenvalue weighted by Crippen LogP contribution is -2.39. The van der Waals surface area contributed by atoms with Crippen molar-refractivity contribution >= 4 is 23.4 Å². The summed E-state index contributed by atoms with van der Waals surface area (Å²) in [6.45, 7) is 4.60. The van der Waals surface area contributed by atoms with Gasteiger partial charge in [0.05, 0.1) is 6.54 Å². The zero-order chi connectivity index (χ0) is 14.3. The van der Waals surface area contributed by atoms with E-state index in [0.717, 1.165) is 12.0 Å². The first-order chi connectivity index (χ1) is 9.02. The standard InChI is InChI=1S/C14H19ClN2O2/c1-3-8-17(11(2)18)10-14(19)16-9-12-4-6-13(15)7-5-12/h4-7H,3,8-10H2,1-2H3,(H,16,19). The summed E-state index contributed by atoms with van der Waals surface area (Å²) in [5, 5.41) is 3.45. The van der Waals surface area contributed by atoms with E-state index in [2.05, 4.69) is 5.32 Å². The molecule has 5 heteroatoms. The van der Waals surface area contributed by atoms with Gasteiger partial charge in [-0.15, -0.1) is 0 Å². The molecule has 0 unspecified atom stereocenters. The molecule has 0 atom stereocenters. The van der Waals surface area contributed by atoms with Crippen LogP contribution in [-0.2, 0) is 16.1 Å². The van der Waals surface area contributed by atoms with E-state index in [1.165, 1.54) is 11.8 Å². The fourth-order valence-corrected chi connectivity index (χ4v) is 1.78. The number of carbonyl (C=O) groups excluding carboxylic acids is 2. The second-order valence-corrected chi connectivity index (χ2v) is 4.78. The van der Waals surface area contributed by atoms with Crippen molar-refractivity contribution in [1.82, 2.24) is 10.2 Å². The van der Waals surface area contributed by atoms with Crippen LogP contribution in [0.2, 0.25) is 5.02 Å². The minimum atomic E-state index is -0.154. The van der Waals surface area contributed by atoms with Crippen molar-refractivity contribution in [2.24, 2.45) is 0 Å². The van der Waals surface area contributed by atoms with Gasteiger partial charge in [-0.3, -0.25) is 9.59 Å². The van der Waals surface area contributed by atoms with Crippen LogP contribution in [-0.4, -0.2) is 29.8 Å². The molecule has 104 valence electrons. The minimum Gasteiger partial charge on any atom is -0.350 e. The molecule has 1 aromatic rings. The van der Waals surface area contributed by atoms with Gasteiger partial charge in [0.1, 0.15) is 0 Å². The van der Waals surface area contributed by atoms with Gasteiger partial charge in [-0.2, -0.15) is 0 Å². The predicted molar refractivity (Wildman–Crippen MR) is 75.8 cm³/mol. The van der Waals surface area contributed by atoms with E-state index in [-0.39, 0.29) is 18.4 Å². The van der Waals surface area contributed by atoms with E-state index in [9.17, 15) is 9.59 Å². The number of carbonyl (C=O) groups is 2. The normalized spacial score (nSPS) is 10.1. The van der Waals surface area contributed by atoms with Crippen LogP contribution in [0.15, 0.2) is 24.3 Å². The summed E-state index contributed by atoms with van der Waals surface area (Å²) < 4.78 is 0. The highest BCUT2D eigenvalue weighted by Crippen LogP contribution is 2.09. The maximum atomic E-state index is 11.7. The van der Waals surface area contributed by atoms with Crippen molar-refractivity contribution in [3.63, 3.8) is 0 Å². The molecule has 0 aromatic heterocycles. The van der Waals surface area contributed by atoms with Crippen LogP contribution in [0, 0.1) is 0 Å². The first-order valence-electron chi connectivity index (χ1n) is 6.29. The Labute approximate surface area is 118 Å². The van der Waals surface area contributed by atoms with Crippen LogP contribution in [0.25, 0.3) is 0 Å². The van der Waals surface area contributed by atoms with E-state index in [1.807, 2.05) is 19.1 Å². The van der Waals surface area contributed by atoms with Crippen molar-refractivity contribution in [3.8, 4) is 0 Å². The van der Waals surface area contributed by atoms with Gasteiger partial charge in [-0.05, 0) is 24.1 Å². The smallest absolute Gasteiger partial charge is 0.239 e. The highest BCUT2D eigenvalue weighted by atomic mass is 35.5. The average Bonchev–Trinajstić information content (AvgIpc) is 2.37. The average molecular weight is 283 g/mol. The Morgan fingerprint density at radius 1 is 1.26 bits per heavy atom. The van der Waals surface area contributed by atoms with Gasteiger partial charge in [-0.25, -0.2) is 0 Å². The number of halogens is 1. The molecule has 0 aliphatic carbocycles. The number of hydrogen-bond acceptors (Lipinski definition) is 2. The second kappa shape index (κ2) is 7.79. The number of amides is 2. The van der Waals surface area contributed by atoms with E-state index in [0.29, 0.717) is 18.1 Å². The first kappa shape index (κ1) is 15.5. The highest BCUT2D eigenvalue weighted by molar-refractivity contribution is 6.30. The van der Waals surface area contributed by atoms with Crippen molar-refractivity contribution in [2.45, 2.75) is 26.8 Å². The summed E-state index contributed by atoms with van der Waals surface area (Å²) in [6, 6.07) is 7.28. The van der Waals surface area contributed by atoms with Gasteiger partial charge in [0.15, 0.2) is 0 Å². The Morgan fingerprint density at radius 3 is 2.42 bits per heavy atom. The molecule has 0 heterocycles. The third-order valence-electron chi connectivity index (χ3n) is 2.68. The molecule has 0 saturated carbocycles. The summed E-state index contributed by atoms with van der Waals surface area (Å²) in [6.07, 6.45) is 0.837. The molecule has 1 rings (SSSR count). The zero-order valence-corrected chi connectivity index (χ0v) is 12.0. The number of benzene rings is 1. The molecule has 0 saturated heterocycles. The highest BCUT2D eigenvalue weighted by Gasteiger charge is 2.12. The number of rotatable bonds is 6. The molecule has 0 spiro atoms. The summed E-state index contributed by atoms with van der Waals surface area (Å²) >= 11 is 5.78. The zero-order valence-electron chi connectivity index (χ0n) is 11.3. The summed E-state index contributed by atoms with van der Waals surface area (Å²) in [5.41, 5.74) is 0.975. The molecule has 1 aromatic carbocycles. The van der Waals surface area contributed by atoms with E-state index >= 15 is 0 Å². The van der Waals surface area contributed by atoms with Crippen molar-refractivity contribution in [2.75, 3.05) is 13.1 Å². The Kier molecular flexibility index (Phi) is 6.36. The van der Waals surface area contributed by atoms with E-state index in [1.54, 1.807) is 12.1 Å². The molecule has 1 N–H and O–H groups in total. The third kappa shape index (κ3) is 5.75. The van der Waals surface area contributed by atoms with Crippen LogP contribution in [0.1, 0.15) is 25.8 Å². The van der Waals surface area contributed by atoms with Gasteiger partial charge < -0.3 is 10.2 Å². The molecule has 0 aliphatic heterocycles. The lowest BCUT2D eigenvalue weighted by atomic mass is 10.2. The molecule has 19 heavy (non-hydrogen) atoms. The van der Waals surface area contributed by atoms with Gasteiger partial charge in [0.25, 0.3) is 0 Å². The van der Waals surface area contributed by atoms with Crippen LogP contribution in [0.4, 0.5) is 0 Å². The maximum Gasteiger partial charge on any atom is 0.239 e. The number of nitrogens with one attached hydrogen (secondary N) is 1. The van der Waals surface area contributed by atoms with Crippen molar-refractivity contribution in [3.05, 3.63) is 34.9 Å². The quantitative estimate of drug-likeness (QED) is 0.870. The van der Waals surface area contributed by atoms with Gasteiger partial charge in [-0.1, -0.05) is 30.7 Å². The number of hydrogen-bond donors (Lipinski definition) is 1. The molecule has 0 bridgehead atoms. The molecule has 0 fully saturated rings. The van der Waals surface area contributed by atoms with E-state index in [4.69, 9.17) is 11.6 Å². The molecule has 0 aliphatic rings. The Bertz CT molecular complexity index is 432. The molecule has 0 radical (unpaired) electrons. The SMILES string of the molecule is CCCN(CC(=O)NCc1ccc(Cl)cc1)C(C)=O. The molecule has 2 amide bonds. The third-order valence-corrected chi connectivity index (χ3v) is 2.93. The molecular weight excluding hydrogens is 264 g/mol. The molecule has 4 nitrogen and oxygen atoms in total. The van der Waals surface area contributed by atoms with E-state index < -0.39 is 0 Å². The summed E-state index contributed by atoms with van der Waals surface area (Å²) in [4.78, 5) is 24.6. The van der Waals surface area contributed by atoms with Gasteiger partial charge >= 0.3 is 0 Å². The molecular formula is C14H19ClN2O2. The van der Waals surface area contributed by atoms with Crippen molar-refractivity contribution < 1.29 is 9.59 Å². The van der Waals surface area contributed by atoms with Crippen LogP contribution in [0.3, 0.4) is 0 Å². The maximum absolute atomic E-state index is 11.7. The Morgan fingerprint density at radius 2 is 1.89 bits per heavy atom. The van der Waals surface area contributed by atoms with Crippen LogP contribution < -0.4 is 5.32 Å². The predicted octanol–water partition coefficient (Wildman–Crippen LogP) is 2.21. The van der Waals surface area contributed by atoms with Crippen molar-refractivity contribution in [1.29, 1.82) is 0 Å². The fraction of sp³-hybridized carbons (Fsp3) is 0.429. The van der Waals surface area contributed by atoms with Crippen LogP contribution in [0.5, 0.6) is 0 Å². The van der Waals surface area contributed by atoms with Gasteiger partial charge in [0, 0.05) is 25.0 Å². The minimum absolute atomic E-state index is 0.0801. The first-order valence-corrected chi connectivity index (χ1v) is 6.67. The second-order valence-electron chi connectivity index (χ2n) is 4.34. The fourth-order valence-electron chi connectivity index (χ4n) is 1.65. The monoisotopic (exact) mass is 282 g/mol. The summed E-state index contributed by atoms with van der Waals surface area (Å²) in [7, 11) is 0. The topological polar surface area (TPSA) is 49.4 Å².